The van der Waals surface area contributed by atoms with Crippen LogP contribution in [0.5, 0.6) is 11.6 Å². The van der Waals surface area contributed by atoms with Crippen molar-refractivity contribution in [1.82, 2.24) is 9.97 Å². The highest BCUT2D eigenvalue weighted by molar-refractivity contribution is 7.92. The molecule has 0 atom stereocenters. The number of pyridine rings is 2. The van der Waals surface area contributed by atoms with Crippen molar-refractivity contribution in [2.75, 3.05) is 4.72 Å². The number of ether oxygens (including phenoxy) is 1. The predicted molar refractivity (Wildman–Crippen MR) is 106 cm³/mol. The quantitative estimate of drug-likeness (QED) is 0.421. The van der Waals surface area contributed by atoms with Crippen molar-refractivity contribution < 1.29 is 39.5 Å². The van der Waals surface area contributed by atoms with Gasteiger partial charge in [-0.2, -0.15) is 26.3 Å². The number of aromatic nitrogens is 2. The second-order valence-electron chi connectivity index (χ2n) is 6.54. The fraction of sp³-hybridized carbons (Fsp3) is 0.158. The lowest BCUT2D eigenvalue weighted by Crippen LogP contribution is -2.18. The maximum absolute atomic E-state index is 13.1. The van der Waals surface area contributed by atoms with Crippen LogP contribution in [0.4, 0.5) is 32.0 Å². The number of aryl methyl sites for hydroxylation is 1. The first-order valence-electron chi connectivity index (χ1n) is 8.74. The maximum Gasteiger partial charge on any atom is 0.416 e. The maximum atomic E-state index is 13.1. The summed E-state index contributed by atoms with van der Waals surface area (Å²) in [5.41, 5.74) is -3.60. The number of nitrogens with zero attached hydrogens (tertiary/aromatic N) is 2. The van der Waals surface area contributed by atoms with E-state index in [0.29, 0.717) is 5.69 Å². The van der Waals surface area contributed by atoms with E-state index in [1.807, 2.05) is 4.72 Å². The molecule has 2 aromatic heterocycles. The van der Waals surface area contributed by atoms with Gasteiger partial charge in [-0.05, 0) is 43.3 Å². The van der Waals surface area contributed by atoms with Crippen molar-refractivity contribution in [1.29, 1.82) is 0 Å². The van der Waals surface area contributed by atoms with Gasteiger partial charge >= 0.3 is 12.4 Å². The minimum absolute atomic E-state index is 0.0806. The summed E-state index contributed by atoms with van der Waals surface area (Å²) in [5, 5.41) is -0.0806. The number of alkyl halides is 6. The second kappa shape index (κ2) is 8.71. The number of sulfonamides is 1. The predicted octanol–water partition coefficient (Wildman–Crippen LogP) is 6.07. The Bertz CT molecular complexity index is 1260. The van der Waals surface area contributed by atoms with Crippen LogP contribution in [0.15, 0.2) is 53.7 Å². The second-order valence-corrected chi connectivity index (χ2v) is 8.66. The van der Waals surface area contributed by atoms with Crippen LogP contribution < -0.4 is 9.46 Å². The summed E-state index contributed by atoms with van der Waals surface area (Å²) < 4.78 is 112. The van der Waals surface area contributed by atoms with Crippen LogP contribution in [0.3, 0.4) is 0 Å². The van der Waals surface area contributed by atoms with E-state index in [1.165, 1.54) is 18.3 Å². The van der Waals surface area contributed by atoms with E-state index in [0.717, 1.165) is 12.3 Å². The molecular weight excluding hydrogens is 500 g/mol. The molecule has 0 unspecified atom stereocenters. The third-order valence-electron chi connectivity index (χ3n) is 4.10. The van der Waals surface area contributed by atoms with Crippen LogP contribution in [-0.4, -0.2) is 18.4 Å². The van der Waals surface area contributed by atoms with Crippen LogP contribution >= 0.6 is 11.6 Å². The van der Waals surface area contributed by atoms with E-state index in [4.69, 9.17) is 16.3 Å². The van der Waals surface area contributed by atoms with E-state index in [2.05, 4.69) is 9.97 Å². The van der Waals surface area contributed by atoms with Gasteiger partial charge in [0.15, 0.2) is 5.75 Å². The molecule has 0 aliphatic heterocycles. The highest BCUT2D eigenvalue weighted by Gasteiger charge is 2.38. The van der Waals surface area contributed by atoms with E-state index in [1.54, 1.807) is 6.92 Å². The molecule has 0 aliphatic rings. The number of halogens is 7. The van der Waals surface area contributed by atoms with Gasteiger partial charge in [-0.15, -0.1) is 0 Å². The van der Waals surface area contributed by atoms with Gasteiger partial charge in [0.2, 0.25) is 5.88 Å². The molecule has 33 heavy (non-hydrogen) atoms. The standard InChI is InChI=1S/C19H12ClF6N3O3S/c1-10-16(3-2-4-27-10)32-17-15(8-13(20)9-28-17)29-33(30,31)14-6-11(18(21,22)23)5-12(7-14)19(24,25)26/h2-9,29H,1H3. The summed E-state index contributed by atoms with van der Waals surface area (Å²) in [6.07, 6.45) is -7.89. The van der Waals surface area contributed by atoms with Crippen LogP contribution in [-0.2, 0) is 22.4 Å². The summed E-state index contributed by atoms with van der Waals surface area (Å²) in [7, 11) is -4.96. The summed E-state index contributed by atoms with van der Waals surface area (Å²) in [6, 6.07) is 4.02. The van der Waals surface area contributed by atoms with Gasteiger partial charge < -0.3 is 4.74 Å². The van der Waals surface area contributed by atoms with E-state index < -0.39 is 44.1 Å². The number of rotatable bonds is 5. The van der Waals surface area contributed by atoms with Crippen LogP contribution in [0, 0.1) is 6.92 Å². The molecule has 0 bridgehead atoms. The molecule has 14 heteroatoms. The Labute approximate surface area is 188 Å². The number of hydrogen-bond donors (Lipinski definition) is 1. The first-order chi connectivity index (χ1) is 15.2. The van der Waals surface area contributed by atoms with Crippen molar-refractivity contribution in [3.8, 4) is 11.6 Å². The Morgan fingerprint density at radius 3 is 2.12 bits per heavy atom. The SMILES string of the molecule is Cc1ncccc1Oc1ncc(Cl)cc1NS(=O)(=O)c1cc(C(F)(F)F)cc(C(F)(F)F)c1. The number of nitrogens with one attached hydrogen (secondary N) is 1. The van der Waals surface area contributed by atoms with Gasteiger partial charge in [-0.25, -0.2) is 13.4 Å². The largest absolute Gasteiger partial charge is 0.435 e. The molecular formula is C19H12ClF6N3O3S. The van der Waals surface area contributed by atoms with Crippen molar-refractivity contribution >= 4 is 27.3 Å². The van der Waals surface area contributed by atoms with Crippen molar-refractivity contribution in [2.45, 2.75) is 24.2 Å². The van der Waals surface area contributed by atoms with E-state index in [9.17, 15) is 34.8 Å². The molecule has 0 spiro atoms. The molecule has 0 radical (unpaired) electrons. The summed E-state index contributed by atoms with van der Waals surface area (Å²) in [6.45, 7) is 1.58. The minimum Gasteiger partial charge on any atom is -0.435 e. The first-order valence-corrected chi connectivity index (χ1v) is 10.6. The summed E-state index contributed by atoms with van der Waals surface area (Å²) in [4.78, 5) is 6.55. The molecule has 0 saturated carbocycles. The number of hydrogen-bond acceptors (Lipinski definition) is 5. The number of benzene rings is 1. The Morgan fingerprint density at radius 1 is 0.970 bits per heavy atom. The average molecular weight is 512 g/mol. The van der Waals surface area contributed by atoms with E-state index >= 15 is 0 Å². The molecule has 176 valence electrons. The molecule has 0 aliphatic carbocycles. The Kier molecular flexibility index (Phi) is 6.48. The lowest BCUT2D eigenvalue weighted by molar-refractivity contribution is -0.143. The van der Waals surface area contributed by atoms with Crippen molar-refractivity contribution in [2.24, 2.45) is 0 Å². The van der Waals surface area contributed by atoms with Gasteiger partial charge in [0.25, 0.3) is 10.0 Å². The Hall–Kier alpha value is -3.06. The lowest BCUT2D eigenvalue weighted by atomic mass is 10.1. The number of anilines is 1. The van der Waals surface area contributed by atoms with Crippen LogP contribution in [0.25, 0.3) is 0 Å². The molecule has 3 aromatic rings. The van der Waals surface area contributed by atoms with Crippen molar-refractivity contribution in [3.63, 3.8) is 0 Å². The van der Waals surface area contributed by atoms with Gasteiger partial charge in [0.1, 0.15) is 5.69 Å². The molecule has 1 N–H and O–H groups in total. The molecule has 0 amide bonds. The van der Waals surface area contributed by atoms with Gasteiger partial charge in [-0.3, -0.25) is 9.71 Å². The fourth-order valence-electron chi connectivity index (χ4n) is 2.55. The molecule has 0 saturated heterocycles. The highest BCUT2D eigenvalue weighted by Crippen LogP contribution is 2.38. The van der Waals surface area contributed by atoms with Gasteiger partial charge in [0.05, 0.1) is 26.7 Å². The Morgan fingerprint density at radius 2 is 1.58 bits per heavy atom. The molecule has 0 fully saturated rings. The van der Waals surface area contributed by atoms with Crippen LogP contribution in [0.2, 0.25) is 5.02 Å². The summed E-state index contributed by atoms with van der Waals surface area (Å²) in [5.74, 6) is -0.187. The highest BCUT2D eigenvalue weighted by atomic mass is 35.5. The third-order valence-corrected chi connectivity index (χ3v) is 5.65. The molecule has 2 heterocycles. The lowest BCUT2D eigenvalue weighted by Gasteiger charge is -2.16. The van der Waals surface area contributed by atoms with Gasteiger partial charge in [-0.1, -0.05) is 11.6 Å². The normalized spacial score (nSPS) is 12.5. The van der Waals surface area contributed by atoms with Gasteiger partial charge in [0, 0.05) is 12.4 Å². The zero-order valence-corrected chi connectivity index (χ0v) is 17.9. The van der Waals surface area contributed by atoms with Crippen LogP contribution in [0.1, 0.15) is 16.8 Å². The molecule has 6 nitrogen and oxygen atoms in total. The smallest absolute Gasteiger partial charge is 0.416 e. The minimum atomic E-state index is -5.23. The topological polar surface area (TPSA) is 81.2 Å². The zero-order chi connectivity index (χ0) is 24.6. The summed E-state index contributed by atoms with van der Waals surface area (Å²) >= 11 is 5.83. The molecule has 3 rings (SSSR count). The molecule has 1 aromatic carbocycles. The van der Waals surface area contributed by atoms with Crippen molar-refractivity contribution in [3.05, 3.63) is 70.6 Å². The third kappa shape index (κ3) is 5.85. The average Bonchev–Trinajstić information content (AvgIpc) is 2.69. The Balaban J connectivity index is 2.07. The fourth-order valence-corrected chi connectivity index (χ4v) is 3.82. The zero-order valence-electron chi connectivity index (χ0n) is 16.3. The monoisotopic (exact) mass is 511 g/mol. The first kappa shape index (κ1) is 24.6. The van der Waals surface area contributed by atoms with E-state index in [-0.39, 0.29) is 34.9 Å².